The van der Waals surface area contributed by atoms with Gasteiger partial charge in [0.05, 0.1) is 27.6 Å². The van der Waals surface area contributed by atoms with Crippen molar-refractivity contribution in [2.75, 3.05) is 38.1 Å². The third-order valence-corrected chi connectivity index (χ3v) is 7.82. The highest BCUT2D eigenvalue weighted by Crippen LogP contribution is 2.24. The summed E-state index contributed by atoms with van der Waals surface area (Å²) in [5.41, 5.74) is 1.94. The van der Waals surface area contributed by atoms with Crippen LogP contribution in [0.25, 0.3) is 5.78 Å². The summed E-state index contributed by atoms with van der Waals surface area (Å²) in [7, 11) is -1.60. The number of hydrogen-bond acceptors (Lipinski definition) is 8. The van der Waals surface area contributed by atoms with Gasteiger partial charge in [0.2, 0.25) is 15.6 Å². The number of sulfone groups is 1. The molecule has 1 N–H and O–H groups in total. The molecule has 1 aliphatic heterocycles. The van der Waals surface area contributed by atoms with Crippen LogP contribution in [0.4, 0.5) is 5.69 Å². The molecule has 1 aliphatic rings. The van der Waals surface area contributed by atoms with Crippen LogP contribution in [0.15, 0.2) is 77.2 Å². The Bertz CT molecular complexity index is 1440. The number of hydrogen-bond donors (Lipinski definition) is 1. The summed E-state index contributed by atoms with van der Waals surface area (Å²) in [6.45, 7) is 3.95. The van der Waals surface area contributed by atoms with E-state index in [1.807, 2.05) is 12.1 Å². The standard InChI is InChI=1S/C24H25N7O3S/c1-29-10-12-30(13-11-29)20-3-6-21(7-4-20)35(33,34)22-5-2-19(26-16-22)15-27-23(32)18-14-28-24-25-8-9-31(24)17-18/h2-9,14,16-17H,10-13,15H2,1H3,(H,27,32). The van der Waals surface area contributed by atoms with Crippen molar-refractivity contribution in [1.29, 1.82) is 0 Å². The Morgan fingerprint density at radius 3 is 2.40 bits per heavy atom. The highest BCUT2D eigenvalue weighted by Gasteiger charge is 2.20. The van der Waals surface area contributed by atoms with Gasteiger partial charge in [-0.2, -0.15) is 0 Å². The number of amides is 1. The minimum absolute atomic E-state index is 0.106. The molecule has 0 aliphatic carbocycles. The first-order valence-corrected chi connectivity index (χ1v) is 12.7. The summed E-state index contributed by atoms with van der Waals surface area (Å²) in [5.74, 6) is 0.195. The first kappa shape index (κ1) is 22.9. The van der Waals surface area contributed by atoms with Crippen molar-refractivity contribution < 1.29 is 13.2 Å². The van der Waals surface area contributed by atoms with Gasteiger partial charge in [-0.05, 0) is 43.4 Å². The number of nitrogens with zero attached hydrogens (tertiary/aromatic N) is 6. The largest absolute Gasteiger partial charge is 0.369 e. The van der Waals surface area contributed by atoms with Crippen LogP contribution in [0.2, 0.25) is 0 Å². The van der Waals surface area contributed by atoms with Crippen LogP contribution in [0, 0.1) is 0 Å². The van der Waals surface area contributed by atoms with Crippen molar-refractivity contribution in [1.82, 2.24) is 29.6 Å². The van der Waals surface area contributed by atoms with Crippen LogP contribution >= 0.6 is 0 Å². The number of rotatable bonds is 6. The van der Waals surface area contributed by atoms with Gasteiger partial charge < -0.3 is 15.1 Å². The van der Waals surface area contributed by atoms with Gasteiger partial charge in [-0.15, -0.1) is 0 Å². The maximum absolute atomic E-state index is 13.1. The molecule has 5 rings (SSSR count). The topological polar surface area (TPSA) is 113 Å². The van der Waals surface area contributed by atoms with Crippen LogP contribution in [0.5, 0.6) is 0 Å². The molecule has 35 heavy (non-hydrogen) atoms. The normalized spacial score (nSPS) is 14.8. The van der Waals surface area contributed by atoms with E-state index < -0.39 is 9.84 Å². The van der Waals surface area contributed by atoms with E-state index in [9.17, 15) is 13.2 Å². The molecule has 4 heterocycles. The summed E-state index contributed by atoms with van der Waals surface area (Å²) in [6, 6.07) is 10.1. The van der Waals surface area contributed by atoms with Crippen LogP contribution in [-0.4, -0.2) is 71.8 Å². The molecule has 1 fully saturated rings. The molecule has 0 atom stereocenters. The van der Waals surface area contributed by atoms with E-state index in [2.05, 4.69) is 37.1 Å². The molecule has 11 heteroatoms. The molecule has 4 aromatic rings. The number of likely N-dealkylation sites (N-methyl/N-ethyl adjacent to an activating group) is 1. The van der Waals surface area contributed by atoms with Crippen molar-refractivity contribution in [3.05, 3.63) is 78.6 Å². The Balaban J connectivity index is 1.23. The van der Waals surface area contributed by atoms with Gasteiger partial charge in [0.1, 0.15) is 0 Å². The number of fused-ring (bicyclic) bond motifs is 1. The number of carbonyl (C=O) groups is 1. The number of anilines is 1. The summed E-state index contributed by atoms with van der Waals surface area (Å²) in [5, 5.41) is 2.77. The molecule has 0 bridgehead atoms. The van der Waals surface area contributed by atoms with Crippen molar-refractivity contribution in [3.63, 3.8) is 0 Å². The van der Waals surface area contributed by atoms with Crippen LogP contribution in [0.1, 0.15) is 16.1 Å². The number of piperazine rings is 1. The molecule has 10 nitrogen and oxygen atoms in total. The third-order valence-electron chi connectivity index (χ3n) is 6.06. The summed E-state index contributed by atoms with van der Waals surface area (Å²) in [4.78, 5) is 29.7. The second-order valence-corrected chi connectivity index (χ2v) is 10.4. The summed E-state index contributed by atoms with van der Waals surface area (Å²) >= 11 is 0. The van der Waals surface area contributed by atoms with Gasteiger partial charge in [-0.1, -0.05) is 0 Å². The van der Waals surface area contributed by atoms with Gasteiger partial charge >= 0.3 is 0 Å². The predicted molar refractivity (Wildman–Crippen MR) is 130 cm³/mol. The summed E-state index contributed by atoms with van der Waals surface area (Å²) in [6.07, 6.45) is 7.73. The monoisotopic (exact) mass is 491 g/mol. The first-order chi connectivity index (χ1) is 16.9. The smallest absolute Gasteiger partial charge is 0.254 e. The van der Waals surface area contributed by atoms with Gasteiger partial charge in [0.15, 0.2) is 0 Å². The quantitative estimate of drug-likeness (QED) is 0.433. The second kappa shape index (κ2) is 9.43. The Morgan fingerprint density at radius 2 is 1.69 bits per heavy atom. The minimum Gasteiger partial charge on any atom is -0.369 e. The van der Waals surface area contributed by atoms with E-state index in [0.717, 1.165) is 31.9 Å². The fourth-order valence-electron chi connectivity index (χ4n) is 3.92. The fourth-order valence-corrected chi connectivity index (χ4v) is 5.12. The fraction of sp³-hybridized carbons (Fsp3) is 0.250. The maximum Gasteiger partial charge on any atom is 0.254 e. The predicted octanol–water partition coefficient (Wildman–Crippen LogP) is 1.64. The lowest BCUT2D eigenvalue weighted by atomic mass is 10.2. The molecule has 0 spiro atoms. The Labute approximate surface area is 203 Å². The van der Waals surface area contributed by atoms with E-state index in [-0.39, 0.29) is 22.2 Å². The first-order valence-electron chi connectivity index (χ1n) is 11.2. The van der Waals surface area contributed by atoms with Crippen molar-refractivity contribution in [2.24, 2.45) is 0 Å². The molecule has 0 radical (unpaired) electrons. The van der Waals surface area contributed by atoms with E-state index in [4.69, 9.17) is 0 Å². The average Bonchev–Trinajstić information content (AvgIpc) is 3.36. The molecule has 0 unspecified atom stereocenters. The zero-order chi connectivity index (χ0) is 24.4. The number of benzene rings is 1. The second-order valence-electron chi connectivity index (χ2n) is 8.43. The number of nitrogens with one attached hydrogen (secondary N) is 1. The zero-order valence-electron chi connectivity index (χ0n) is 19.2. The van der Waals surface area contributed by atoms with E-state index in [1.165, 1.54) is 18.5 Å². The average molecular weight is 492 g/mol. The number of imidazole rings is 1. The molecular formula is C24H25N7O3S. The van der Waals surface area contributed by atoms with Gasteiger partial charge in [-0.3, -0.25) is 14.2 Å². The Hall–Kier alpha value is -3.83. The highest BCUT2D eigenvalue weighted by molar-refractivity contribution is 7.91. The Morgan fingerprint density at radius 1 is 0.943 bits per heavy atom. The molecule has 1 aromatic carbocycles. The lowest BCUT2D eigenvalue weighted by Gasteiger charge is -2.34. The van der Waals surface area contributed by atoms with E-state index >= 15 is 0 Å². The molecule has 1 saturated heterocycles. The minimum atomic E-state index is -3.70. The lowest BCUT2D eigenvalue weighted by Crippen LogP contribution is -2.44. The van der Waals surface area contributed by atoms with Crippen LogP contribution in [-0.2, 0) is 16.4 Å². The van der Waals surface area contributed by atoms with Crippen LogP contribution < -0.4 is 10.2 Å². The van der Waals surface area contributed by atoms with Gasteiger partial charge in [0, 0.05) is 62.9 Å². The van der Waals surface area contributed by atoms with Crippen molar-refractivity contribution >= 4 is 27.2 Å². The number of carbonyl (C=O) groups excluding carboxylic acids is 1. The molecule has 0 saturated carbocycles. The summed E-state index contributed by atoms with van der Waals surface area (Å²) < 4.78 is 27.8. The molecule has 3 aromatic heterocycles. The van der Waals surface area contributed by atoms with Crippen molar-refractivity contribution in [2.45, 2.75) is 16.3 Å². The molecule has 1 amide bonds. The SMILES string of the molecule is CN1CCN(c2ccc(S(=O)(=O)c3ccc(CNC(=O)c4cnc5nccn5c4)nc3)cc2)CC1. The number of pyridine rings is 1. The number of aromatic nitrogens is 4. The van der Waals surface area contributed by atoms with Gasteiger partial charge in [0.25, 0.3) is 5.91 Å². The Kier molecular flexibility index (Phi) is 6.18. The van der Waals surface area contributed by atoms with Gasteiger partial charge in [-0.25, -0.2) is 18.4 Å². The molecule has 180 valence electrons. The lowest BCUT2D eigenvalue weighted by molar-refractivity contribution is 0.0949. The third kappa shape index (κ3) is 4.86. The molecular weight excluding hydrogens is 466 g/mol. The van der Waals surface area contributed by atoms with E-state index in [0.29, 0.717) is 17.0 Å². The van der Waals surface area contributed by atoms with Crippen molar-refractivity contribution in [3.8, 4) is 0 Å². The highest BCUT2D eigenvalue weighted by atomic mass is 32.2. The van der Waals surface area contributed by atoms with Crippen LogP contribution in [0.3, 0.4) is 0 Å². The maximum atomic E-state index is 13.1. The zero-order valence-corrected chi connectivity index (χ0v) is 20.0. The van der Waals surface area contributed by atoms with E-state index in [1.54, 1.807) is 41.2 Å².